The lowest BCUT2D eigenvalue weighted by atomic mass is 9.91. The SMILES string of the molecule is [c]1cccc(-c2cc(-c3ccccc3)cc(-c3cccc4ccccc34)c2)c1. The van der Waals surface area contributed by atoms with E-state index in [0.717, 1.165) is 0 Å². The van der Waals surface area contributed by atoms with Crippen molar-refractivity contribution in [3.63, 3.8) is 0 Å². The molecule has 5 aromatic rings. The van der Waals surface area contributed by atoms with Gasteiger partial charge in [0.05, 0.1) is 0 Å². The first kappa shape index (κ1) is 16.5. The summed E-state index contributed by atoms with van der Waals surface area (Å²) in [7, 11) is 0. The van der Waals surface area contributed by atoms with Crippen LogP contribution in [0.2, 0.25) is 0 Å². The first-order valence-corrected chi connectivity index (χ1v) is 9.54. The van der Waals surface area contributed by atoms with Gasteiger partial charge in [0, 0.05) is 0 Å². The Bertz CT molecular complexity index is 1170. The molecule has 0 aliphatic carbocycles. The van der Waals surface area contributed by atoms with Gasteiger partial charge in [-0.05, 0) is 74.5 Å². The minimum absolute atomic E-state index is 1.18. The second-order valence-electron chi connectivity index (χ2n) is 6.98. The smallest absolute Gasteiger partial charge is 0.0105 e. The topological polar surface area (TPSA) is 0 Å². The highest BCUT2D eigenvalue weighted by Crippen LogP contribution is 2.35. The Morgan fingerprint density at radius 3 is 1.96 bits per heavy atom. The quantitative estimate of drug-likeness (QED) is 0.312. The van der Waals surface area contributed by atoms with Gasteiger partial charge in [-0.15, -0.1) is 0 Å². The summed E-state index contributed by atoms with van der Waals surface area (Å²) in [5, 5.41) is 2.54. The van der Waals surface area contributed by atoms with Crippen LogP contribution in [0.3, 0.4) is 0 Å². The van der Waals surface area contributed by atoms with Gasteiger partial charge in [-0.1, -0.05) is 91.0 Å². The molecule has 0 unspecified atom stereocenters. The Balaban J connectivity index is 1.78. The molecule has 0 saturated heterocycles. The maximum absolute atomic E-state index is 3.21. The minimum atomic E-state index is 1.18. The van der Waals surface area contributed by atoms with Crippen LogP contribution < -0.4 is 0 Å². The zero-order valence-electron chi connectivity index (χ0n) is 15.5. The standard InChI is InChI=1S/C28H19/c1-3-10-21(11-4-1)24-18-25(22-12-5-2-6-13-22)20-26(19-24)28-17-9-15-23-14-7-8-16-27(23)28/h1-5,7-20H. The van der Waals surface area contributed by atoms with Crippen LogP contribution in [0.4, 0.5) is 0 Å². The van der Waals surface area contributed by atoms with Crippen LogP contribution in [0.25, 0.3) is 44.2 Å². The van der Waals surface area contributed by atoms with Crippen molar-refractivity contribution >= 4 is 10.8 Å². The van der Waals surface area contributed by atoms with E-state index in [1.807, 2.05) is 12.1 Å². The molecule has 0 heteroatoms. The molecule has 1 radical (unpaired) electrons. The van der Waals surface area contributed by atoms with E-state index >= 15 is 0 Å². The van der Waals surface area contributed by atoms with Crippen LogP contribution >= 0.6 is 0 Å². The summed E-state index contributed by atoms with van der Waals surface area (Å²) < 4.78 is 0. The predicted octanol–water partition coefficient (Wildman–Crippen LogP) is 7.64. The third-order valence-corrected chi connectivity index (χ3v) is 5.18. The maximum Gasteiger partial charge on any atom is -0.0105 e. The van der Waals surface area contributed by atoms with Gasteiger partial charge >= 0.3 is 0 Å². The molecule has 0 atom stereocenters. The largest absolute Gasteiger partial charge is 0.0622 e. The van der Waals surface area contributed by atoms with Gasteiger partial charge in [-0.25, -0.2) is 0 Å². The van der Waals surface area contributed by atoms with E-state index in [1.54, 1.807) is 0 Å². The van der Waals surface area contributed by atoms with Gasteiger partial charge in [0.25, 0.3) is 0 Å². The molecule has 0 saturated carbocycles. The summed E-state index contributed by atoms with van der Waals surface area (Å²) in [5.74, 6) is 0. The minimum Gasteiger partial charge on any atom is -0.0622 e. The summed E-state index contributed by atoms with van der Waals surface area (Å²) in [6.45, 7) is 0. The number of fused-ring (bicyclic) bond motifs is 1. The van der Waals surface area contributed by atoms with Gasteiger partial charge in [0.1, 0.15) is 0 Å². The highest BCUT2D eigenvalue weighted by atomic mass is 14.1. The molecule has 0 aliphatic rings. The first-order valence-electron chi connectivity index (χ1n) is 9.54. The molecule has 0 bridgehead atoms. The van der Waals surface area contributed by atoms with Gasteiger partial charge in [0.15, 0.2) is 0 Å². The molecular weight excluding hydrogens is 336 g/mol. The Labute approximate surface area is 165 Å². The first-order chi connectivity index (χ1) is 13.9. The van der Waals surface area contributed by atoms with Gasteiger partial charge < -0.3 is 0 Å². The van der Waals surface area contributed by atoms with Crippen molar-refractivity contribution in [1.29, 1.82) is 0 Å². The van der Waals surface area contributed by atoms with E-state index in [9.17, 15) is 0 Å². The summed E-state index contributed by atoms with van der Waals surface area (Å²) in [6, 6.07) is 44.0. The molecule has 5 aromatic carbocycles. The molecule has 0 fully saturated rings. The zero-order valence-corrected chi connectivity index (χ0v) is 15.5. The third kappa shape index (κ3) is 3.10. The number of benzene rings is 5. The Morgan fingerprint density at radius 2 is 1.14 bits per heavy atom. The fourth-order valence-corrected chi connectivity index (χ4v) is 3.80. The van der Waals surface area contributed by atoms with Crippen molar-refractivity contribution in [2.45, 2.75) is 0 Å². The van der Waals surface area contributed by atoms with Crippen molar-refractivity contribution in [1.82, 2.24) is 0 Å². The summed E-state index contributed by atoms with van der Waals surface area (Å²) in [5.41, 5.74) is 7.34. The highest BCUT2D eigenvalue weighted by Gasteiger charge is 2.09. The number of hydrogen-bond acceptors (Lipinski definition) is 0. The molecule has 131 valence electrons. The monoisotopic (exact) mass is 355 g/mol. The second-order valence-corrected chi connectivity index (χ2v) is 6.98. The second kappa shape index (κ2) is 7.17. The number of rotatable bonds is 3. The molecule has 0 spiro atoms. The maximum atomic E-state index is 3.21. The van der Waals surface area contributed by atoms with Crippen molar-refractivity contribution < 1.29 is 0 Å². The summed E-state index contributed by atoms with van der Waals surface area (Å²) in [6.07, 6.45) is 0. The lowest BCUT2D eigenvalue weighted by molar-refractivity contribution is 1.57. The van der Waals surface area contributed by atoms with E-state index in [-0.39, 0.29) is 0 Å². The highest BCUT2D eigenvalue weighted by molar-refractivity contribution is 5.98. The van der Waals surface area contributed by atoms with Gasteiger partial charge in [0.2, 0.25) is 0 Å². The van der Waals surface area contributed by atoms with Crippen LogP contribution in [0.1, 0.15) is 0 Å². The molecule has 0 N–H and O–H groups in total. The fourth-order valence-electron chi connectivity index (χ4n) is 3.80. The zero-order chi connectivity index (χ0) is 18.8. The lowest BCUT2D eigenvalue weighted by Crippen LogP contribution is -1.87. The van der Waals surface area contributed by atoms with E-state index in [2.05, 4.69) is 109 Å². The molecule has 0 aromatic heterocycles. The summed E-state index contributed by atoms with van der Waals surface area (Å²) >= 11 is 0. The van der Waals surface area contributed by atoms with E-state index in [4.69, 9.17) is 0 Å². The van der Waals surface area contributed by atoms with Crippen LogP contribution in [-0.4, -0.2) is 0 Å². The van der Waals surface area contributed by atoms with Crippen LogP contribution in [0, 0.1) is 6.07 Å². The molecule has 28 heavy (non-hydrogen) atoms. The van der Waals surface area contributed by atoms with Crippen LogP contribution in [0.5, 0.6) is 0 Å². The van der Waals surface area contributed by atoms with E-state index in [1.165, 1.54) is 44.2 Å². The molecule has 0 nitrogen and oxygen atoms in total. The van der Waals surface area contributed by atoms with Crippen LogP contribution in [0.15, 0.2) is 115 Å². The number of hydrogen-bond donors (Lipinski definition) is 0. The van der Waals surface area contributed by atoms with Crippen molar-refractivity contribution in [2.75, 3.05) is 0 Å². The van der Waals surface area contributed by atoms with Crippen molar-refractivity contribution in [2.24, 2.45) is 0 Å². The average molecular weight is 355 g/mol. The predicted molar refractivity (Wildman–Crippen MR) is 119 cm³/mol. The lowest BCUT2D eigenvalue weighted by Gasteiger charge is -2.13. The molecular formula is C28H19. The summed E-state index contributed by atoms with van der Waals surface area (Å²) in [4.78, 5) is 0. The van der Waals surface area contributed by atoms with Gasteiger partial charge in [-0.2, -0.15) is 0 Å². The normalized spacial score (nSPS) is 10.9. The average Bonchev–Trinajstić information content (AvgIpc) is 2.79. The Hall–Kier alpha value is -3.64. The molecule has 0 amide bonds. The van der Waals surface area contributed by atoms with E-state index < -0.39 is 0 Å². The van der Waals surface area contributed by atoms with Crippen molar-refractivity contribution in [3.05, 3.63) is 121 Å². The molecule has 5 rings (SSSR count). The van der Waals surface area contributed by atoms with Crippen LogP contribution in [-0.2, 0) is 0 Å². The third-order valence-electron chi connectivity index (χ3n) is 5.18. The molecule has 0 heterocycles. The van der Waals surface area contributed by atoms with Crippen molar-refractivity contribution in [3.8, 4) is 33.4 Å². The Kier molecular flexibility index (Phi) is 4.23. The van der Waals surface area contributed by atoms with E-state index in [0.29, 0.717) is 0 Å². The fraction of sp³-hybridized carbons (Fsp3) is 0. The Morgan fingerprint density at radius 1 is 0.464 bits per heavy atom. The molecule has 0 aliphatic heterocycles. The van der Waals surface area contributed by atoms with Gasteiger partial charge in [-0.3, -0.25) is 0 Å².